The molecule has 131 valence electrons. The van der Waals surface area contributed by atoms with E-state index in [1.54, 1.807) is 10.8 Å². The smallest absolute Gasteiger partial charge is 0.0799 e. The Kier molecular flexibility index (Phi) is 11.9. The molecule has 23 heavy (non-hydrogen) atoms. The molecule has 0 saturated heterocycles. The van der Waals surface area contributed by atoms with Crippen molar-refractivity contribution in [2.24, 2.45) is 0 Å². The number of halogens is 2. The number of hydrogen-bond donors (Lipinski definition) is 0. The minimum Gasteiger partial charge on any atom is -0.0876 e. The van der Waals surface area contributed by atoms with Crippen LogP contribution in [0.25, 0.3) is 0 Å². The summed E-state index contributed by atoms with van der Waals surface area (Å²) in [7, 11) is -0.423. The Morgan fingerprint density at radius 1 is 0.783 bits per heavy atom. The summed E-state index contributed by atoms with van der Waals surface area (Å²) in [6, 6.07) is 4.66. The maximum atomic E-state index is 3.70. The van der Waals surface area contributed by atoms with Crippen LogP contribution in [0.4, 0.5) is 0 Å². The predicted molar refractivity (Wildman–Crippen MR) is 115 cm³/mol. The van der Waals surface area contributed by atoms with Crippen LogP contribution in [0.15, 0.2) is 12.1 Å². The van der Waals surface area contributed by atoms with Crippen LogP contribution in [-0.2, 0) is 17.1 Å². The van der Waals surface area contributed by atoms with Crippen LogP contribution in [0.2, 0.25) is 13.1 Å². The van der Waals surface area contributed by atoms with E-state index in [4.69, 9.17) is 0 Å². The van der Waals surface area contributed by atoms with Gasteiger partial charge in [0.15, 0.2) is 0 Å². The minimum atomic E-state index is -0.423. The van der Waals surface area contributed by atoms with Crippen molar-refractivity contribution >= 4 is 45.8 Å². The summed E-state index contributed by atoms with van der Waals surface area (Å²) in [4.78, 5) is 0. The van der Waals surface area contributed by atoms with E-state index in [-0.39, 0.29) is 0 Å². The molecule has 0 spiro atoms. The van der Waals surface area contributed by atoms with Gasteiger partial charge in [0.25, 0.3) is 0 Å². The third-order valence-electron chi connectivity index (χ3n) is 4.56. The third-order valence-corrected chi connectivity index (χ3v) is 7.40. The van der Waals surface area contributed by atoms with E-state index in [0.717, 1.165) is 10.7 Å². The first kappa shape index (κ1) is 21.4. The Balaban J connectivity index is 2.57. The highest BCUT2D eigenvalue weighted by molar-refractivity contribution is 9.08. The summed E-state index contributed by atoms with van der Waals surface area (Å²) in [5.74, 6) is 0. The second-order valence-electron chi connectivity index (χ2n) is 6.73. The van der Waals surface area contributed by atoms with Crippen molar-refractivity contribution in [1.82, 2.24) is 0 Å². The average molecular weight is 461 g/mol. The van der Waals surface area contributed by atoms with Gasteiger partial charge >= 0.3 is 0 Å². The lowest BCUT2D eigenvalue weighted by atomic mass is 9.99. The molecule has 0 aromatic heterocycles. The molecule has 0 aliphatic carbocycles. The number of benzene rings is 1. The van der Waals surface area contributed by atoms with E-state index in [0.29, 0.717) is 0 Å². The SMILES string of the molecule is CCCCCCCCCCc1c(CBr)ccc(CBr)c1[Si](C)C. The molecule has 3 heteroatoms. The summed E-state index contributed by atoms with van der Waals surface area (Å²) in [5, 5.41) is 3.67. The standard InChI is InChI=1S/C20H33Br2Si/c1-4-5-6-7-8-9-10-11-12-19-17(15-21)13-14-18(16-22)20(19)23(2)3/h13-14H,4-12,15-16H2,1-3H3. The molecule has 1 rings (SSSR count). The fraction of sp³-hybridized carbons (Fsp3) is 0.700. The van der Waals surface area contributed by atoms with Crippen molar-refractivity contribution in [3.63, 3.8) is 0 Å². The lowest BCUT2D eigenvalue weighted by Gasteiger charge is -2.19. The monoisotopic (exact) mass is 459 g/mol. The summed E-state index contributed by atoms with van der Waals surface area (Å²) >= 11 is 7.38. The van der Waals surface area contributed by atoms with Gasteiger partial charge in [0.05, 0.1) is 8.80 Å². The van der Waals surface area contributed by atoms with Crippen molar-refractivity contribution < 1.29 is 0 Å². The maximum Gasteiger partial charge on any atom is 0.0799 e. The van der Waals surface area contributed by atoms with Crippen LogP contribution in [0.5, 0.6) is 0 Å². The fourth-order valence-electron chi connectivity index (χ4n) is 3.32. The van der Waals surface area contributed by atoms with Crippen LogP contribution in [0, 0.1) is 0 Å². The second kappa shape index (κ2) is 12.7. The van der Waals surface area contributed by atoms with Crippen LogP contribution >= 0.6 is 31.9 Å². The molecule has 0 unspecified atom stereocenters. The lowest BCUT2D eigenvalue weighted by molar-refractivity contribution is 0.575. The first-order chi connectivity index (χ1) is 11.2. The highest BCUT2D eigenvalue weighted by atomic mass is 79.9. The van der Waals surface area contributed by atoms with Gasteiger partial charge in [-0.3, -0.25) is 0 Å². The van der Waals surface area contributed by atoms with Gasteiger partial charge in [-0.25, -0.2) is 0 Å². The maximum absolute atomic E-state index is 3.70. The van der Waals surface area contributed by atoms with Crippen molar-refractivity contribution in [3.05, 3.63) is 28.8 Å². The molecular formula is C20H33Br2Si. The van der Waals surface area contributed by atoms with Crippen LogP contribution < -0.4 is 5.19 Å². The van der Waals surface area contributed by atoms with Gasteiger partial charge in [-0.2, -0.15) is 0 Å². The third kappa shape index (κ3) is 7.44. The number of rotatable bonds is 12. The van der Waals surface area contributed by atoms with Gasteiger partial charge in [-0.05, 0) is 29.5 Å². The summed E-state index contributed by atoms with van der Waals surface area (Å²) in [6.45, 7) is 7.15. The minimum absolute atomic E-state index is 0.423. The van der Waals surface area contributed by atoms with Crippen LogP contribution in [0.1, 0.15) is 75.0 Å². The highest BCUT2D eigenvalue weighted by Gasteiger charge is 2.15. The topological polar surface area (TPSA) is 0 Å². The first-order valence-electron chi connectivity index (χ1n) is 9.21. The van der Waals surface area contributed by atoms with Gasteiger partial charge < -0.3 is 0 Å². The largest absolute Gasteiger partial charge is 0.0876 e. The Morgan fingerprint density at radius 3 is 1.83 bits per heavy atom. The van der Waals surface area contributed by atoms with Crippen LogP contribution in [0.3, 0.4) is 0 Å². The van der Waals surface area contributed by atoms with Gasteiger partial charge in [0.1, 0.15) is 0 Å². The van der Waals surface area contributed by atoms with Crippen LogP contribution in [-0.4, -0.2) is 8.80 Å². The van der Waals surface area contributed by atoms with Crippen molar-refractivity contribution in [3.8, 4) is 0 Å². The summed E-state index contributed by atoms with van der Waals surface area (Å²) in [5.41, 5.74) is 4.69. The molecule has 0 aliphatic rings. The predicted octanol–water partition coefficient (Wildman–Crippen LogP) is 7.12. The van der Waals surface area contributed by atoms with E-state index in [1.807, 2.05) is 0 Å². The summed E-state index contributed by atoms with van der Waals surface area (Å²) in [6.07, 6.45) is 12.5. The zero-order valence-electron chi connectivity index (χ0n) is 15.2. The molecule has 1 radical (unpaired) electrons. The van der Waals surface area contributed by atoms with E-state index < -0.39 is 8.80 Å². The Hall–Kier alpha value is 0.397. The van der Waals surface area contributed by atoms with E-state index in [9.17, 15) is 0 Å². The molecule has 1 aromatic carbocycles. The first-order valence-corrected chi connectivity index (χ1v) is 14.0. The highest BCUT2D eigenvalue weighted by Crippen LogP contribution is 2.19. The molecule has 0 aliphatic heterocycles. The molecule has 0 atom stereocenters. The van der Waals surface area contributed by atoms with Gasteiger partial charge in [-0.15, -0.1) is 0 Å². The van der Waals surface area contributed by atoms with E-state index in [1.165, 1.54) is 68.9 Å². The van der Waals surface area contributed by atoms with Gasteiger partial charge in [0, 0.05) is 10.7 Å². The molecule has 0 heterocycles. The second-order valence-corrected chi connectivity index (χ2v) is 10.4. The van der Waals surface area contributed by atoms with E-state index in [2.05, 4.69) is 64.0 Å². The molecule has 1 aromatic rings. The molecule has 0 amide bonds. The molecule has 0 N–H and O–H groups in total. The zero-order valence-corrected chi connectivity index (χ0v) is 19.4. The Morgan fingerprint density at radius 2 is 1.30 bits per heavy atom. The molecule has 0 saturated carbocycles. The normalized spacial score (nSPS) is 11.4. The number of unbranched alkanes of at least 4 members (excludes halogenated alkanes) is 7. The molecular weight excluding hydrogens is 428 g/mol. The molecule has 0 bridgehead atoms. The van der Waals surface area contributed by atoms with Gasteiger partial charge in [0.2, 0.25) is 0 Å². The fourth-order valence-corrected chi connectivity index (χ4v) is 6.27. The Labute approximate surface area is 162 Å². The molecule has 0 nitrogen and oxygen atoms in total. The van der Waals surface area contributed by atoms with E-state index >= 15 is 0 Å². The van der Waals surface area contributed by atoms with Crippen molar-refractivity contribution in [2.75, 3.05) is 0 Å². The quantitative estimate of drug-likeness (QED) is 0.177. The average Bonchev–Trinajstić information content (AvgIpc) is 2.56. The van der Waals surface area contributed by atoms with Gasteiger partial charge in [-0.1, -0.05) is 114 Å². The van der Waals surface area contributed by atoms with Crippen molar-refractivity contribution in [2.45, 2.75) is 88.5 Å². The zero-order chi connectivity index (χ0) is 17.1. The Bertz CT molecular complexity index is 444. The summed E-state index contributed by atoms with van der Waals surface area (Å²) < 4.78 is 0. The number of alkyl halides is 2. The van der Waals surface area contributed by atoms with Crippen molar-refractivity contribution in [1.29, 1.82) is 0 Å². The lowest BCUT2D eigenvalue weighted by Crippen LogP contribution is -2.31. The number of hydrogen-bond acceptors (Lipinski definition) is 0. The molecule has 0 fully saturated rings.